The first-order chi connectivity index (χ1) is 22.7. The first-order valence-electron chi connectivity index (χ1n) is 16.5. The molecule has 1 atom stereocenters. The van der Waals surface area contributed by atoms with Crippen molar-refractivity contribution in [1.29, 1.82) is 0 Å². The molecule has 2 aliphatic rings. The molecule has 5 aromatic carbocycles. The SMILES string of the molecule is Cc1cc(-n2c3c(c4ccc5c6ccccc6n(C6C=CC=CC6)c5c42)CCC=C3)ccc1-c1c(C)cccc1-c1ccccc1. The van der Waals surface area contributed by atoms with Crippen molar-refractivity contribution in [3.8, 4) is 27.9 Å². The van der Waals surface area contributed by atoms with Gasteiger partial charge in [-0.25, -0.2) is 0 Å². The number of hydrogen-bond donors (Lipinski definition) is 0. The minimum absolute atomic E-state index is 0.274. The number of rotatable bonds is 4. The maximum absolute atomic E-state index is 2.61. The van der Waals surface area contributed by atoms with Gasteiger partial charge < -0.3 is 9.13 Å². The average Bonchev–Trinajstić information content (AvgIpc) is 3.62. The summed E-state index contributed by atoms with van der Waals surface area (Å²) in [5.74, 6) is 0. The number of aryl methyl sites for hydroxylation is 3. The molecule has 2 aliphatic carbocycles. The number of para-hydroxylation sites is 1. The van der Waals surface area contributed by atoms with Crippen LogP contribution in [0.3, 0.4) is 0 Å². The van der Waals surface area contributed by atoms with E-state index in [-0.39, 0.29) is 6.04 Å². The van der Waals surface area contributed by atoms with E-state index in [4.69, 9.17) is 0 Å². The Balaban J connectivity index is 1.33. The topological polar surface area (TPSA) is 9.86 Å². The number of fused-ring (bicyclic) bond motifs is 7. The minimum atomic E-state index is 0.274. The molecule has 0 aliphatic heterocycles. The molecule has 0 radical (unpaired) electrons. The summed E-state index contributed by atoms with van der Waals surface area (Å²) in [6.07, 6.45) is 16.9. The molecule has 0 bridgehead atoms. The Morgan fingerprint density at radius 3 is 2.35 bits per heavy atom. The van der Waals surface area contributed by atoms with Gasteiger partial charge in [0, 0.05) is 33.1 Å². The van der Waals surface area contributed by atoms with Gasteiger partial charge in [-0.3, -0.25) is 0 Å². The Labute approximate surface area is 270 Å². The molecule has 0 saturated carbocycles. The summed E-state index contributed by atoms with van der Waals surface area (Å²) in [5, 5.41) is 4.02. The molecular formula is C44H36N2. The molecule has 0 amide bonds. The van der Waals surface area contributed by atoms with Crippen LogP contribution in [0.1, 0.15) is 41.3 Å². The number of aromatic nitrogens is 2. The van der Waals surface area contributed by atoms with E-state index in [9.17, 15) is 0 Å². The summed E-state index contributed by atoms with van der Waals surface area (Å²) in [6.45, 7) is 4.51. The molecule has 7 aromatic rings. The maximum atomic E-state index is 2.61. The van der Waals surface area contributed by atoms with E-state index in [1.807, 2.05) is 0 Å². The van der Waals surface area contributed by atoms with E-state index in [1.54, 1.807) is 0 Å². The molecule has 0 spiro atoms. The smallest absolute Gasteiger partial charge is 0.0782 e. The van der Waals surface area contributed by atoms with Crippen LogP contribution < -0.4 is 0 Å². The molecular weight excluding hydrogens is 556 g/mol. The highest BCUT2D eigenvalue weighted by Crippen LogP contribution is 2.44. The molecule has 46 heavy (non-hydrogen) atoms. The van der Waals surface area contributed by atoms with Crippen molar-refractivity contribution in [2.45, 2.75) is 39.2 Å². The molecule has 2 heterocycles. The van der Waals surface area contributed by atoms with Gasteiger partial charge in [0.2, 0.25) is 0 Å². The molecule has 0 N–H and O–H groups in total. The molecule has 9 rings (SSSR count). The molecule has 2 aromatic heterocycles. The van der Waals surface area contributed by atoms with Crippen LogP contribution in [0.2, 0.25) is 0 Å². The van der Waals surface area contributed by atoms with Crippen LogP contribution in [0.4, 0.5) is 0 Å². The van der Waals surface area contributed by atoms with Gasteiger partial charge in [0.05, 0.1) is 17.1 Å². The van der Waals surface area contributed by atoms with E-state index < -0.39 is 0 Å². The average molecular weight is 593 g/mol. The van der Waals surface area contributed by atoms with Gasteiger partial charge in [0.15, 0.2) is 0 Å². The number of hydrogen-bond acceptors (Lipinski definition) is 0. The van der Waals surface area contributed by atoms with Crippen LogP contribution >= 0.6 is 0 Å². The second kappa shape index (κ2) is 10.6. The van der Waals surface area contributed by atoms with Crippen molar-refractivity contribution < 1.29 is 0 Å². The third-order valence-corrected chi connectivity index (χ3v) is 10.2. The molecule has 2 heteroatoms. The standard InChI is InChI=1S/C44H36N2/c1-29-14-13-21-35(31-15-5-3-6-16-31)42(29)34-25-24-33(28-30(34)2)46-41-23-12-10-20-37(41)39-27-26-38-36-19-9-11-22-40(36)45(43(38)44(39)46)32-17-7-4-8-18-32/h3-9,11-17,19,21-28,32H,10,18,20H2,1-2H3. The van der Waals surface area contributed by atoms with Crippen LogP contribution in [0, 0.1) is 13.8 Å². The van der Waals surface area contributed by atoms with Crippen LogP contribution in [-0.4, -0.2) is 9.13 Å². The van der Waals surface area contributed by atoms with Crippen molar-refractivity contribution in [3.63, 3.8) is 0 Å². The molecule has 0 saturated heterocycles. The second-order valence-electron chi connectivity index (χ2n) is 12.9. The lowest BCUT2D eigenvalue weighted by Gasteiger charge is -2.20. The third-order valence-electron chi connectivity index (χ3n) is 10.2. The van der Waals surface area contributed by atoms with Crippen molar-refractivity contribution >= 4 is 38.8 Å². The molecule has 0 fully saturated rings. The summed E-state index contributed by atoms with van der Waals surface area (Å²) in [7, 11) is 0. The van der Waals surface area contributed by atoms with Gasteiger partial charge in [0.25, 0.3) is 0 Å². The predicted molar refractivity (Wildman–Crippen MR) is 196 cm³/mol. The molecule has 222 valence electrons. The molecule has 1 unspecified atom stereocenters. The fourth-order valence-corrected chi connectivity index (χ4v) is 8.12. The summed E-state index contributed by atoms with van der Waals surface area (Å²) in [5.41, 5.74) is 15.7. The zero-order valence-corrected chi connectivity index (χ0v) is 26.4. The third kappa shape index (κ3) is 4.03. The number of benzene rings is 5. The Bertz CT molecular complexity index is 2410. The lowest BCUT2D eigenvalue weighted by atomic mass is 9.89. The highest BCUT2D eigenvalue weighted by Gasteiger charge is 2.26. The first kappa shape index (κ1) is 27.0. The second-order valence-corrected chi connectivity index (χ2v) is 12.9. The lowest BCUT2D eigenvalue weighted by molar-refractivity contribution is 0.648. The first-order valence-corrected chi connectivity index (χ1v) is 16.5. The monoisotopic (exact) mass is 592 g/mol. The highest BCUT2D eigenvalue weighted by molar-refractivity contribution is 6.18. The Hall–Kier alpha value is -5.34. The van der Waals surface area contributed by atoms with Gasteiger partial charge in [-0.15, -0.1) is 0 Å². The lowest BCUT2D eigenvalue weighted by Crippen LogP contribution is -2.08. The van der Waals surface area contributed by atoms with Crippen molar-refractivity contribution in [1.82, 2.24) is 9.13 Å². The van der Waals surface area contributed by atoms with E-state index in [0.717, 1.165) is 19.3 Å². The van der Waals surface area contributed by atoms with Gasteiger partial charge in [0.1, 0.15) is 0 Å². The highest BCUT2D eigenvalue weighted by atomic mass is 15.1. The van der Waals surface area contributed by atoms with Crippen LogP contribution in [-0.2, 0) is 6.42 Å². The predicted octanol–water partition coefficient (Wildman–Crippen LogP) is 11.7. The fourth-order valence-electron chi connectivity index (χ4n) is 8.12. The van der Waals surface area contributed by atoms with Gasteiger partial charge in [-0.1, -0.05) is 115 Å². The maximum Gasteiger partial charge on any atom is 0.0782 e. The largest absolute Gasteiger partial charge is 0.331 e. The number of allylic oxidation sites excluding steroid dienone is 5. The van der Waals surface area contributed by atoms with Gasteiger partial charge in [-0.05, 0) is 96.3 Å². The Morgan fingerprint density at radius 1 is 0.652 bits per heavy atom. The normalized spacial score (nSPS) is 15.7. The summed E-state index contributed by atoms with van der Waals surface area (Å²) < 4.78 is 5.17. The van der Waals surface area contributed by atoms with Crippen molar-refractivity contribution in [2.75, 3.05) is 0 Å². The summed E-state index contributed by atoms with van der Waals surface area (Å²) in [4.78, 5) is 0. The van der Waals surface area contributed by atoms with Crippen LogP contribution in [0.15, 0.2) is 134 Å². The molecule has 2 nitrogen and oxygen atoms in total. The van der Waals surface area contributed by atoms with Crippen molar-refractivity contribution in [2.24, 2.45) is 0 Å². The van der Waals surface area contributed by atoms with E-state index in [1.165, 1.54) is 83.0 Å². The van der Waals surface area contributed by atoms with E-state index in [2.05, 4.69) is 163 Å². The zero-order valence-electron chi connectivity index (χ0n) is 26.4. The summed E-state index contributed by atoms with van der Waals surface area (Å²) in [6, 6.07) is 38.6. The Morgan fingerprint density at radius 2 is 1.50 bits per heavy atom. The van der Waals surface area contributed by atoms with Crippen LogP contribution in [0.5, 0.6) is 0 Å². The number of nitrogens with zero attached hydrogens (tertiary/aromatic N) is 2. The fraction of sp³-hybridized carbons (Fsp3) is 0.136. The summed E-state index contributed by atoms with van der Waals surface area (Å²) >= 11 is 0. The van der Waals surface area contributed by atoms with E-state index >= 15 is 0 Å². The van der Waals surface area contributed by atoms with E-state index in [0.29, 0.717) is 0 Å². The minimum Gasteiger partial charge on any atom is -0.331 e. The van der Waals surface area contributed by atoms with Gasteiger partial charge >= 0.3 is 0 Å². The Kier molecular flexibility index (Phi) is 6.24. The quantitative estimate of drug-likeness (QED) is 0.192. The van der Waals surface area contributed by atoms with Gasteiger partial charge in [-0.2, -0.15) is 0 Å². The van der Waals surface area contributed by atoms with Crippen LogP contribution in [0.25, 0.3) is 66.7 Å². The van der Waals surface area contributed by atoms with Crippen molar-refractivity contribution in [3.05, 3.63) is 156 Å². The zero-order chi connectivity index (χ0) is 30.8.